The predicted molar refractivity (Wildman–Crippen MR) is 33.5 cm³/mol. The molecule has 0 aliphatic heterocycles. The fraction of sp³-hybridized carbons (Fsp3) is 1.00. The van der Waals surface area contributed by atoms with Crippen LogP contribution in [0.1, 0.15) is 13.8 Å². The standard InChI is InChI=1S/C5H11OS/c1-5(2)6-3-4-7/h5H,3-4H2,1-2H3. The van der Waals surface area contributed by atoms with Crippen LogP contribution in [0, 0.1) is 0 Å². The normalized spacial score (nSPS) is 10.3. The minimum atomic E-state index is 0.336. The lowest BCUT2D eigenvalue weighted by atomic mass is 10.5. The monoisotopic (exact) mass is 119 g/mol. The van der Waals surface area contributed by atoms with Crippen LogP contribution in [0.15, 0.2) is 0 Å². The Morgan fingerprint density at radius 3 is 2.29 bits per heavy atom. The zero-order valence-electron chi connectivity index (χ0n) is 4.81. The van der Waals surface area contributed by atoms with Gasteiger partial charge in [0.1, 0.15) is 0 Å². The summed E-state index contributed by atoms with van der Waals surface area (Å²) in [6.45, 7) is 4.73. The number of hydrogen-bond donors (Lipinski definition) is 0. The summed E-state index contributed by atoms with van der Waals surface area (Å²) in [5.41, 5.74) is 0. The maximum Gasteiger partial charge on any atom is 0.0568 e. The third-order valence-corrected chi connectivity index (χ3v) is 0.701. The minimum absolute atomic E-state index is 0.336. The van der Waals surface area contributed by atoms with E-state index >= 15 is 0 Å². The molecule has 0 aromatic carbocycles. The molecule has 0 aromatic rings. The summed E-state index contributed by atoms with van der Waals surface area (Å²) in [7, 11) is 0. The number of rotatable bonds is 3. The first-order chi connectivity index (χ1) is 3.27. The van der Waals surface area contributed by atoms with Crippen molar-refractivity contribution in [2.75, 3.05) is 12.4 Å². The average molecular weight is 119 g/mol. The molecule has 1 nitrogen and oxygen atoms in total. The second kappa shape index (κ2) is 4.47. The lowest BCUT2D eigenvalue weighted by Crippen LogP contribution is -2.03. The summed E-state index contributed by atoms with van der Waals surface area (Å²) in [5.74, 6) is 0.707. The Bertz CT molecular complexity index is 37.1. The molecule has 0 N–H and O–H groups in total. The highest BCUT2D eigenvalue weighted by atomic mass is 32.1. The van der Waals surface area contributed by atoms with Crippen LogP contribution in [0.25, 0.3) is 0 Å². The van der Waals surface area contributed by atoms with Crippen LogP contribution in [0.4, 0.5) is 0 Å². The van der Waals surface area contributed by atoms with E-state index < -0.39 is 0 Å². The van der Waals surface area contributed by atoms with Gasteiger partial charge in [-0.1, -0.05) is 12.6 Å². The van der Waals surface area contributed by atoms with Gasteiger partial charge in [0, 0.05) is 5.75 Å². The van der Waals surface area contributed by atoms with Gasteiger partial charge < -0.3 is 4.74 Å². The van der Waals surface area contributed by atoms with Crippen LogP contribution in [0.2, 0.25) is 0 Å². The third-order valence-electron chi connectivity index (χ3n) is 0.535. The Labute approximate surface area is 50.5 Å². The summed E-state index contributed by atoms with van der Waals surface area (Å²) >= 11 is 4.65. The summed E-state index contributed by atoms with van der Waals surface area (Å²) in [6, 6.07) is 0. The Hall–Kier alpha value is 0.310. The van der Waals surface area contributed by atoms with Gasteiger partial charge in [0.25, 0.3) is 0 Å². The highest BCUT2D eigenvalue weighted by Crippen LogP contribution is 1.86. The van der Waals surface area contributed by atoms with Crippen molar-refractivity contribution in [1.29, 1.82) is 0 Å². The highest BCUT2D eigenvalue weighted by molar-refractivity contribution is 7.80. The summed E-state index contributed by atoms with van der Waals surface area (Å²) in [4.78, 5) is 0. The van der Waals surface area contributed by atoms with E-state index in [1.54, 1.807) is 0 Å². The lowest BCUT2D eigenvalue weighted by molar-refractivity contribution is 0.0922. The molecule has 0 atom stereocenters. The van der Waals surface area contributed by atoms with Crippen LogP contribution in [-0.2, 0) is 4.74 Å². The zero-order chi connectivity index (χ0) is 5.70. The van der Waals surface area contributed by atoms with Crippen molar-refractivity contribution in [3.05, 3.63) is 0 Å². The van der Waals surface area contributed by atoms with Crippen molar-refractivity contribution in [3.63, 3.8) is 0 Å². The van der Waals surface area contributed by atoms with Crippen LogP contribution >= 0.6 is 12.6 Å². The molecule has 0 bridgehead atoms. The Balaban J connectivity index is 2.68. The van der Waals surface area contributed by atoms with Crippen molar-refractivity contribution >= 4 is 12.6 Å². The van der Waals surface area contributed by atoms with Crippen LogP contribution in [0.5, 0.6) is 0 Å². The molecule has 0 saturated heterocycles. The molecule has 0 spiro atoms. The molecule has 7 heavy (non-hydrogen) atoms. The molecule has 0 aliphatic rings. The van der Waals surface area contributed by atoms with Gasteiger partial charge in [0.2, 0.25) is 0 Å². The molecule has 0 amide bonds. The van der Waals surface area contributed by atoms with E-state index in [0.29, 0.717) is 18.5 Å². The van der Waals surface area contributed by atoms with Crippen molar-refractivity contribution in [2.45, 2.75) is 20.0 Å². The van der Waals surface area contributed by atoms with Gasteiger partial charge in [0.05, 0.1) is 12.7 Å². The Kier molecular flexibility index (Phi) is 4.67. The fourth-order valence-electron chi connectivity index (χ4n) is 0.284. The maximum absolute atomic E-state index is 5.09. The number of hydrogen-bond acceptors (Lipinski definition) is 1. The number of ether oxygens (including phenoxy) is 1. The first-order valence-corrected chi connectivity index (χ1v) is 3.05. The van der Waals surface area contributed by atoms with Crippen molar-refractivity contribution in [3.8, 4) is 0 Å². The second-order valence-electron chi connectivity index (χ2n) is 1.62. The molecule has 0 heterocycles. The molecule has 0 unspecified atom stereocenters. The molecular weight excluding hydrogens is 108 g/mol. The maximum atomic E-state index is 5.09. The molecule has 1 radical (unpaired) electrons. The Morgan fingerprint density at radius 1 is 1.57 bits per heavy atom. The van der Waals surface area contributed by atoms with Gasteiger partial charge in [-0.2, -0.15) is 0 Å². The minimum Gasteiger partial charge on any atom is -0.378 e. The fourth-order valence-corrected chi connectivity index (χ4v) is 0.380. The zero-order valence-corrected chi connectivity index (χ0v) is 5.62. The van der Waals surface area contributed by atoms with Crippen LogP contribution in [-0.4, -0.2) is 18.5 Å². The summed E-state index contributed by atoms with van der Waals surface area (Å²) in [6.07, 6.45) is 0.336. The topological polar surface area (TPSA) is 9.23 Å². The molecule has 2 heteroatoms. The second-order valence-corrected chi connectivity index (χ2v) is 2.03. The van der Waals surface area contributed by atoms with Crippen LogP contribution in [0.3, 0.4) is 0 Å². The van der Waals surface area contributed by atoms with E-state index in [0.717, 1.165) is 0 Å². The van der Waals surface area contributed by atoms with Crippen LogP contribution < -0.4 is 0 Å². The first kappa shape index (κ1) is 7.31. The van der Waals surface area contributed by atoms with E-state index in [-0.39, 0.29) is 0 Å². The first-order valence-electron chi connectivity index (χ1n) is 2.47. The Morgan fingerprint density at radius 2 is 2.14 bits per heavy atom. The molecular formula is C5H11OS. The largest absolute Gasteiger partial charge is 0.378 e. The van der Waals surface area contributed by atoms with E-state index in [2.05, 4.69) is 12.6 Å². The van der Waals surface area contributed by atoms with Crippen molar-refractivity contribution < 1.29 is 4.74 Å². The van der Waals surface area contributed by atoms with E-state index in [1.807, 2.05) is 13.8 Å². The highest BCUT2D eigenvalue weighted by Gasteiger charge is 1.87. The van der Waals surface area contributed by atoms with Crippen molar-refractivity contribution in [1.82, 2.24) is 0 Å². The van der Waals surface area contributed by atoms with E-state index in [4.69, 9.17) is 4.74 Å². The lowest BCUT2D eigenvalue weighted by Gasteiger charge is -2.02. The third kappa shape index (κ3) is 6.31. The van der Waals surface area contributed by atoms with Gasteiger partial charge in [-0.3, -0.25) is 0 Å². The molecule has 0 saturated carbocycles. The molecule has 43 valence electrons. The van der Waals surface area contributed by atoms with Gasteiger partial charge >= 0.3 is 0 Å². The van der Waals surface area contributed by atoms with Gasteiger partial charge in [-0.25, -0.2) is 0 Å². The quantitative estimate of drug-likeness (QED) is 0.548. The summed E-state index contributed by atoms with van der Waals surface area (Å²) in [5, 5.41) is 0. The van der Waals surface area contributed by atoms with Crippen molar-refractivity contribution in [2.24, 2.45) is 0 Å². The molecule has 0 fully saturated rings. The summed E-state index contributed by atoms with van der Waals surface area (Å²) < 4.78 is 5.09. The van der Waals surface area contributed by atoms with Gasteiger partial charge in [-0.15, -0.1) is 0 Å². The average Bonchev–Trinajstić information content (AvgIpc) is 1.61. The SMILES string of the molecule is CC(C)OCC[S]. The predicted octanol–water partition coefficient (Wildman–Crippen LogP) is 1.61. The van der Waals surface area contributed by atoms with E-state index in [9.17, 15) is 0 Å². The van der Waals surface area contributed by atoms with E-state index in [1.165, 1.54) is 0 Å². The smallest absolute Gasteiger partial charge is 0.0568 e. The molecule has 0 rings (SSSR count). The van der Waals surface area contributed by atoms with Gasteiger partial charge in [0.15, 0.2) is 0 Å². The van der Waals surface area contributed by atoms with Gasteiger partial charge in [-0.05, 0) is 13.8 Å². The molecule has 0 aliphatic carbocycles. The molecule has 0 aromatic heterocycles.